The molecule has 1 aromatic rings. The molecule has 0 saturated heterocycles. The summed E-state index contributed by atoms with van der Waals surface area (Å²) in [4.78, 5) is 22.6. The smallest absolute Gasteiger partial charge is 0.227 e. The third-order valence-electron chi connectivity index (χ3n) is 3.70. The summed E-state index contributed by atoms with van der Waals surface area (Å²) in [6.45, 7) is 9.31. The van der Waals surface area contributed by atoms with Crippen molar-refractivity contribution in [3.63, 3.8) is 0 Å². The lowest BCUT2D eigenvalue weighted by atomic mass is 9.84. The minimum Gasteiger partial charge on any atom is -0.352 e. The van der Waals surface area contributed by atoms with Gasteiger partial charge in [0.1, 0.15) is 6.33 Å². The van der Waals surface area contributed by atoms with Gasteiger partial charge in [0.15, 0.2) is 0 Å². The van der Waals surface area contributed by atoms with Crippen LogP contribution in [0.1, 0.15) is 45.6 Å². The maximum absolute atomic E-state index is 12.5. The number of nitrogens with one attached hydrogen (secondary N) is 1. The van der Waals surface area contributed by atoms with Crippen molar-refractivity contribution in [1.29, 1.82) is 0 Å². The number of hydrogen-bond acceptors (Lipinski definition) is 4. The van der Waals surface area contributed by atoms with E-state index in [-0.39, 0.29) is 23.3 Å². The minimum absolute atomic E-state index is 0.0264. The fraction of sp³-hybridized carbons (Fsp3) is 0.688. The number of amides is 1. The van der Waals surface area contributed by atoms with Crippen LogP contribution in [0.25, 0.3) is 0 Å². The Bertz CT molecular complexity index is 439. The lowest BCUT2D eigenvalue weighted by Gasteiger charge is -2.33. The van der Waals surface area contributed by atoms with Crippen molar-refractivity contribution in [3.8, 4) is 0 Å². The van der Waals surface area contributed by atoms with Crippen molar-refractivity contribution in [3.05, 3.63) is 24.3 Å². The molecule has 0 aliphatic rings. The monoisotopic (exact) mass is 292 g/mol. The molecule has 0 aromatic carbocycles. The maximum Gasteiger partial charge on any atom is 0.227 e. The van der Waals surface area contributed by atoms with E-state index in [0.29, 0.717) is 0 Å². The van der Waals surface area contributed by atoms with Crippen LogP contribution >= 0.6 is 0 Å². The molecule has 0 aliphatic heterocycles. The van der Waals surface area contributed by atoms with Gasteiger partial charge in [-0.05, 0) is 39.4 Å². The average molecular weight is 292 g/mol. The van der Waals surface area contributed by atoms with E-state index in [1.165, 1.54) is 6.33 Å². The summed E-state index contributed by atoms with van der Waals surface area (Å²) in [5.74, 6) is -0.209. The Hall–Kier alpha value is -1.49. The molecule has 5 heteroatoms. The van der Waals surface area contributed by atoms with E-state index >= 15 is 0 Å². The van der Waals surface area contributed by atoms with Gasteiger partial charge in [0.25, 0.3) is 0 Å². The number of carbonyl (C=O) groups is 1. The van der Waals surface area contributed by atoms with Gasteiger partial charge < -0.3 is 10.2 Å². The SMILES string of the molecule is C[C@H](C(=O)N[C@H](CCN(C)C)C(C)(C)C)c1cncnc1. The molecule has 0 bridgehead atoms. The van der Waals surface area contributed by atoms with Crippen molar-refractivity contribution in [2.45, 2.75) is 46.1 Å². The van der Waals surface area contributed by atoms with Crippen molar-refractivity contribution in [1.82, 2.24) is 20.2 Å². The molecule has 1 rings (SSSR count). The van der Waals surface area contributed by atoms with E-state index in [2.05, 4.69) is 41.0 Å². The van der Waals surface area contributed by atoms with Crippen molar-refractivity contribution >= 4 is 5.91 Å². The fourth-order valence-electron chi connectivity index (χ4n) is 2.09. The Labute approximate surface area is 128 Å². The largest absolute Gasteiger partial charge is 0.352 e. The maximum atomic E-state index is 12.5. The van der Waals surface area contributed by atoms with E-state index in [0.717, 1.165) is 18.5 Å². The summed E-state index contributed by atoms with van der Waals surface area (Å²) in [5.41, 5.74) is 0.869. The molecule has 0 radical (unpaired) electrons. The zero-order valence-corrected chi connectivity index (χ0v) is 14.1. The van der Waals surface area contributed by atoms with E-state index in [9.17, 15) is 4.79 Å². The first kappa shape index (κ1) is 17.6. The highest BCUT2D eigenvalue weighted by atomic mass is 16.1. The van der Waals surface area contributed by atoms with Crippen molar-refractivity contribution in [2.24, 2.45) is 5.41 Å². The Balaban J connectivity index is 2.71. The van der Waals surface area contributed by atoms with Gasteiger partial charge in [-0.15, -0.1) is 0 Å². The van der Waals surface area contributed by atoms with Crippen LogP contribution in [0.4, 0.5) is 0 Å². The van der Waals surface area contributed by atoms with Gasteiger partial charge in [0.05, 0.1) is 5.92 Å². The number of nitrogens with zero attached hydrogens (tertiary/aromatic N) is 3. The van der Waals surface area contributed by atoms with Crippen LogP contribution in [0.2, 0.25) is 0 Å². The lowest BCUT2D eigenvalue weighted by molar-refractivity contribution is -0.123. The predicted octanol–water partition coefficient (Wildman–Crippen LogP) is 2.06. The van der Waals surface area contributed by atoms with Gasteiger partial charge in [-0.3, -0.25) is 4.79 Å². The molecule has 1 heterocycles. The number of carbonyl (C=O) groups excluding carboxylic acids is 1. The summed E-state index contributed by atoms with van der Waals surface area (Å²) in [6, 6.07) is 0.138. The number of aromatic nitrogens is 2. The molecular formula is C16H28N4O. The summed E-state index contributed by atoms with van der Waals surface area (Å²) >= 11 is 0. The van der Waals surface area contributed by atoms with E-state index in [4.69, 9.17) is 0 Å². The van der Waals surface area contributed by atoms with Crippen molar-refractivity contribution < 1.29 is 4.79 Å². The van der Waals surface area contributed by atoms with Gasteiger partial charge >= 0.3 is 0 Å². The highest BCUT2D eigenvalue weighted by Crippen LogP contribution is 2.23. The normalized spacial score (nSPS) is 14.8. The van der Waals surface area contributed by atoms with Crippen LogP contribution in [0.15, 0.2) is 18.7 Å². The van der Waals surface area contributed by atoms with Crippen LogP contribution in [0.5, 0.6) is 0 Å². The highest BCUT2D eigenvalue weighted by molar-refractivity contribution is 5.83. The Morgan fingerprint density at radius 1 is 1.29 bits per heavy atom. The second-order valence-electron chi connectivity index (χ2n) is 6.91. The first-order valence-corrected chi connectivity index (χ1v) is 7.42. The predicted molar refractivity (Wildman–Crippen MR) is 85.0 cm³/mol. The molecule has 2 atom stereocenters. The third-order valence-corrected chi connectivity index (χ3v) is 3.70. The Kier molecular flexibility index (Phi) is 6.27. The molecule has 1 N–H and O–H groups in total. The zero-order valence-electron chi connectivity index (χ0n) is 14.1. The summed E-state index contributed by atoms with van der Waals surface area (Å²) < 4.78 is 0. The third kappa shape index (κ3) is 5.79. The van der Waals surface area contributed by atoms with Crippen LogP contribution in [-0.4, -0.2) is 47.5 Å². The van der Waals surface area contributed by atoms with Crippen LogP contribution in [-0.2, 0) is 4.79 Å². The molecule has 0 unspecified atom stereocenters. The van der Waals surface area contributed by atoms with Crippen LogP contribution < -0.4 is 5.32 Å². The molecule has 1 amide bonds. The molecule has 0 spiro atoms. The summed E-state index contributed by atoms with van der Waals surface area (Å²) in [7, 11) is 4.09. The molecule has 0 aliphatic carbocycles. The molecule has 21 heavy (non-hydrogen) atoms. The average Bonchev–Trinajstić information content (AvgIpc) is 2.41. The van der Waals surface area contributed by atoms with E-state index in [1.807, 2.05) is 21.0 Å². The number of hydrogen-bond donors (Lipinski definition) is 1. The summed E-state index contributed by atoms with van der Waals surface area (Å²) in [6.07, 6.45) is 5.80. The van der Waals surface area contributed by atoms with Gasteiger partial charge in [-0.2, -0.15) is 0 Å². The van der Waals surface area contributed by atoms with E-state index in [1.54, 1.807) is 12.4 Å². The molecule has 5 nitrogen and oxygen atoms in total. The lowest BCUT2D eigenvalue weighted by Crippen LogP contribution is -2.46. The first-order chi connectivity index (χ1) is 9.71. The molecular weight excluding hydrogens is 264 g/mol. The molecule has 1 aromatic heterocycles. The quantitative estimate of drug-likeness (QED) is 0.872. The van der Waals surface area contributed by atoms with E-state index < -0.39 is 0 Å². The Morgan fingerprint density at radius 2 is 1.86 bits per heavy atom. The van der Waals surface area contributed by atoms with Gasteiger partial charge in [0.2, 0.25) is 5.91 Å². The zero-order chi connectivity index (χ0) is 16.0. The molecule has 0 fully saturated rings. The van der Waals surface area contributed by atoms with Crippen LogP contribution in [0, 0.1) is 5.41 Å². The first-order valence-electron chi connectivity index (χ1n) is 7.42. The van der Waals surface area contributed by atoms with Gasteiger partial charge in [-0.25, -0.2) is 9.97 Å². The van der Waals surface area contributed by atoms with Gasteiger partial charge in [0, 0.05) is 24.0 Å². The Morgan fingerprint density at radius 3 is 2.33 bits per heavy atom. The second-order valence-corrected chi connectivity index (χ2v) is 6.91. The van der Waals surface area contributed by atoms with Gasteiger partial charge in [-0.1, -0.05) is 20.8 Å². The summed E-state index contributed by atoms with van der Waals surface area (Å²) in [5, 5.41) is 3.19. The standard InChI is InChI=1S/C16H28N4O/c1-12(13-9-17-11-18-10-13)15(21)19-14(16(2,3)4)7-8-20(5)6/h9-12,14H,7-8H2,1-6H3,(H,19,21)/t12-,14+/m0/s1. The van der Waals surface area contributed by atoms with Crippen molar-refractivity contribution in [2.75, 3.05) is 20.6 Å². The fourth-order valence-corrected chi connectivity index (χ4v) is 2.09. The molecule has 118 valence electrons. The topological polar surface area (TPSA) is 58.1 Å². The minimum atomic E-state index is -0.240. The second kappa shape index (κ2) is 7.50. The molecule has 0 saturated carbocycles. The van der Waals surface area contributed by atoms with Crippen LogP contribution in [0.3, 0.4) is 0 Å². The highest BCUT2D eigenvalue weighted by Gasteiger charge is 2.28. The number of rotatable bonds is 6.